The monoisotopic (exact) mass is 330 g/mol. The molecule has 0 saturated carbocycles. The lowest BCUT2D eigenvalue weighted by Crippen LogP contribution is -2.44. The summed E-state index contributed by atoms with van der Waals surface area (Å²) in [6.45, 7) is 5.98. The predicted molar refractivity (Wildman–Crippen MR) is 81.4 cm³/mol. The molecule has 1 heterocycles. The highest BCUT2D eigenvalue weighted by molar-refractivity contribution is 9.10. The van der Waals surface area contributed by atoms with Crippen LogP contribution < -0.4 is 0 Å². The molecule has 0 unspecified atom stereocenters. The van der Waals surface area contributed by atoms with Gasteiger partial charge in [-0.3, -0.25) is 0 Å². The third-order valence-electron chi connectivity index (χ3n) is 3.52. The van der Waals surface area contributed by atoms with Gasteiger partial charge in [-0.15, -0.1) is 0 Å². The zero-order chi connectivity index (χ0) is 13.0. The minimum absolute atomic E-state index is 0.827. The third-order valence-corrected chi connectivity index (χ3v) is 4.53. The van der Waals surface area contributed by atoms with Crippen molar-refractivity contribution in [2.45, 2.75) is 12.8 Å². The first-order chi connectivity index (χ1) is 8.65. The Kier molecular flexibility index (Phi) is 5.49. The van der Waals surface area contributed by atoms with E-state index in [-0.39, 0.29) is 0 Å². The van der Waals surface area contributed by atoms with Gasteiger partial charge in [0.25, 0.3) is 0 Å². The summed E-state index contributed by atoms with van der Waals surface area (Å²) in [6.07, 6.45) is 2.29. The Morgan fingerprint density at radius 2 is 1.94 bits per heavy atom. The second-order valence-electron chi connectivity index (χ2n) is 4.98. The predicted octanol–water partition coefficient (Wildman–Crippen LogP) is 3.28. The average molecular weight is 332 g/mol. The van der Waals surface area contributed by atoms with Crippen molar-refractivity contribution in [1.82, 2.24) is 9.80 Å². The molecule has 2 nitrogen and oxygen atoms in total. The summed E-state index contributed by atoms with van der Waals surface area (Å²) in [5, 5.41) is 0.827. The molecule has 1 aliphatic rings. The van der Waals surface area contributed by atoms with Gasteiger partial charge in [0.05, 0.1) is 0 Å². The first-order valence-electron chi connectivity index (χ1n) is 6.50. The molecule has 1 aromatic rings. The number of rotatable bonds is 4. The molecular formula is C14H20BrClN2. The second-order valence-corrected chi connectivity index (χ2v) is 6.27. The maximum Gasteiger partial charge on any atom is 0.0409 e. The molecule has 4 heteroatoms. The van der Waals surface area contributed by atoms with Crippen molar-refractivity contribution < 1.29 is 0 Å². The van der Waals surface area contributed by atoms with E-state index in [9.17, 15) is 0 Å². The minimum Gasteiger partial charge on any atom is -0.304 e. The summed E-state index contributed by atoms with van der Waals surface area (Å²) in [5.74, 6) is 0. The zero-order valence-corrected chi connectivity index (χ0v) is 13.2. The molecule has 0 aromatic heterocycles. The van der Waals surface area contributed by atoms with Gasteiger partial charge in [0.1, 0.15) is 0 Å². The van der Waals surface area contributed by atoms with Gasteiger partial charge < -0.3 is 9.80 Å². The second kappa shape index (κ2) is 6.90. The Morgan fingerprint density at radius 1 is 1.22 bits per heavy atom. The molecule has 0 spiro atoms. The van der Waals surface area contributed by atoms with Gasteiger partial charge >= 0.3 is 0 Å². The molecule has 0 radical (unpaired) electrons. The SMILES string of the molecule is CN1CCN(CCCc2cc(Cl)ccc2Br)CC1. The van der Waals surface area contributed by atoms with Crippen LogP contribution in [0.2, 0.25) is 5.02 Å². The standard InChI is InChI=1S/C14H20BrClN2/c1-17-7-9-18(10-8-17)6-2-3-12-11-13(16)4-5-14(12)15/h4-5,11H,2-3,6-10H2,1H3. The summed E-state index contributed by atoms with van der Waals surface area (Å²) in [7, 11) is 2.19. The Bertz CT molecular complexity index is 389. The Labute approximate surface area is 123 Å². The highest BCUT2D eigenvalue weighted by Gasteiger charge is 2.13. The number of halogens is 2. The smallest absolute Gasteiger partial charge is 0.0409 e. The normalized spacial score (nSPS) is 18.2. The van der Waals surface area contributed by atoms with Crippen molar-refractivity contribution >= 4 is 27.5 Å². The molecule has 1 aliphatic heterocycles. The zero-order valence-electron chi connectivity index (χ0n) is 10.8. The van der Waals surface area contributed by atoms with Crippen LogP contribution in [-0.4, -0.2) is 49.6 Å². The van der Waals surface area contributed by atoms with E-state index in [2.05, 4.69) is 38.8 Å². The molecule has 0 atom stereocenters. The highest BCUT2D eigenvalue weighted by atomic mass is 79.9. The highest BCUT2D eigenvalue weighted by Crippen LogP contribution is 2.22. The number of aryl methyl sites for hydroxylation is 1. The quantitative estimate of drug-likeness (QED) is 0.835. The van der Waals surface area contributed by atoms with Gasteiger partial charge in [0.15, 0.2) is 0 Å². The van der Waals surface area contributed by atoms with Gasteiger partial charge in [0, 0.05) is 35.7 Å². The Morgan fingerprint density at radius 3 is 2.67 bits per heavy atom. The maximum atomic E-state index is 6.02. The lowest BCUT2D eigenvalue weighted by Gasteiger charge is -2.32. The van der Waals surface area contributed by atoms with Gasteiger partial charge in [-0.2, -0.15) is 0 Å². The van der Waals surface area contributed by atoms with Crippen LogP contribution >= 0.6 is 27.5 Å². The molecule has 2 rings (SSSR count). The molecule has 1 fully saturated rings. The fraction of sp³-hybridized carbons (Fsp3) is 0.571. The van der Waals surface area contributed by atoms with Crippen LogP contribution in [0.1, 0.15) is 12.0 Å². The van der Waals surface area contributed by atoms with Crippen LogP contribution in [0, 0.1) is 0 Å². The number of hydrogen-bond acceptors (Lipinski definition) is 2. The van der Waals surface area contributed by atoms with Crippen molar-refractivity contribution in [2.75, 3.05) is 39.8 Å². The summed E-state index contributed by atoms with van der Waals surface area (Å²) in [5.41, 5.74) is 1.32. The number of benzene rings is 1. The third kappa shape index (κ3) is 4.23. The minimum atomic E-state index is 0.827. The fourth-order valence-electron chi connectivity index (χ4n) is 2.30. The van der Waals surface area contributed by atoms with Crippen LogP contribution in [0.15, 0.2) is 22.7 Å². The van der Waals surface area contributed by atoms with Crippen molar-refractivity contribution in [3.63, 3.8) is 0 Å². The first kappa shape index (κ1) is 14.3. The maximum absolute atomic E-state index is 6.02. The molecule has 0 N–H and O–H groups in total. The Hall–Kier alpha value is -0.0900. The van der Waals surface area contributed by atoms with E-state index in [1.165, 1.54) is 49.2 Å². The average Bonchev–Trinajstić information content (AvgIpc) is 2.36. The van der Waals surface area contributed by atoms with Crippen molar-refractivity contribution in [3.8, 4) is 0 Å². The largest absolute Gasteiger partial charge is 0.304 e. The molecule has 0 amide bonds. The van der Waals surface area contributed by atoms with Gasteiger partial charge in [-0.05, 0) is 50.2 Å². The van der Waals surface area contributed by atoms with E-state index < -0.39 is 0 Å². The van der Waals surface area contributed by atoms with Crippen molar-refractivity contribution in [3.05, 3.63) is 33.3 Å². The molecule has 18 heavy (non-hydrogen) atoms. The van der Waals surface area contributed by atoms with Crippen LogP contribution in [0.25, 0.3) is 0 Å². The summed E-state index contributed by atoms with van der Waals surface area (Å²) in [6, 6.07) is 6.03. The number of hydrogen-bond donors (Lipinski definition) is 0. The van der Waals surface area contributed by atoms with Crippen molar-refractivity contribution in [2.24, 2.45) is 0 Å². The van der Waals surface area contributed by atoms with E-state index in [4.69, 9.17) is 11.6 Å². The van der Waals surface area contributed by atoms with Crippen molar-refractivity contribution in [1.29, 1.82) is 0 Å². The van der Waals surface area contributed by atoms with Crippen LogP contribution in [-0.2, 0) is 6.42 Å². The molecule has 1 saturated heterocycles. The number of piperazine rings is 1. The number of nitrogens with zero attached hydrogens (tertiary/aromatic N) is 2. The summed E-state index contributed by atoms with van der Waals surface area (Å²) in [4.78, 5) is 4.95. The van der Waals surface area contributed by atoms with E-state index in [1.807, 2.05) is 12.1 Å². The molecule has 0 bridgehead atoms. The fourth-order valence-corrected chi connectivity index (χ4v) is 2.94. The van der Waals surface area contributed by atoms with Crippen LogP contribution in [0.4, 0.5) is 0 Å². The lowest BCUT2D eigenvalue weighted by atomic mass is 10.1. The first-order valence-corrected chi connectivity index (χ1v) is 7.67. The van der Waals surface area contributed by atoms with E-state index in [0.717, 1.165) is 11.4 Å². The van der Waals surface area contributed by atoms with E-state index >= 15 is 0 Å². The van der Waals surface area contributed by atoms with Gasteiger partial charge in [0.2, 0.25) is 0 Å². The lowest BCUT2D eigenvalue weighted by molar-refractivity contribution is 0.153. The Balaban J connectivity index is 1.76. The number of likely N-dealkylation sites (N-methyl/N-ethyl adjacent to an activating group) is 1. The molecule has 100 valence electrons. The summed E-state index contributed by atoms with van der Waals surface area (Å²) >= 11 is 9.61. The van der Waals surface area contributed by atoms with E-state index in [0.29, 0.717) is 0 Å². The van der Waals surface area contributed by atoms with E-state index in [1.54, 1.807) is 0 Å². The van der Waals surface area contributed by atoms with Crippen LogP contribution in [0.5, 0.6) is 0 Å². The van der Waals surface area contributed by atoms with Crippen LogP contribution in [0.3, 0.4) is 0 Å². The van der Waals surface area contributed by atoms with Gasteiger partial charge in [-0.1, -0.05) is 27.5 Å². The molecule has 1 aromatic carbocycles. The van der Waals surface area contributed by atoms with Gasteiger partial charge in [-0.25, -0.2) is 0 Å². The molecular weight excluding hydrogens is 312 g/mol. The topological polar surface area (TPSA) is 6.48 Å². The molecule has 0 aliphatic carbocycles. The summed E-state index contributed by atoms with van der Waals surface area (Å²) < 4.78 is 1.17.